The molecule has 3 heteroatoms. The van der Waals surface area contributed by atoms with Gasteiger partial charge in [-0.2, -0.15) is 5.26 Å². The number of nitrogens with one attached hydrogen (secondary N) is 1. The molecule has 0 aliphatic rings. The van der Waals surface area contributed by atoms with Crippen molar-refractivity contribution in [2.75, 3.05) is 25.0 Å². The van der Waals surface area contributed by atoms with Gasteiger partial charge in [0.2, 0.25) is 0 Å². The average Bonchev–Trinajstić information content (AvgIpc) is 2.34. The number of benzene rings is 1. The Morgan fingerprint density at radius 3 is 2.56 bits per heavy atom. The molecule has 0 spiro atoms. The van der Waals surface area contributed by atoms with Crippen LogP contribution in [0.4, 0.5) is 5.69 Å². The van der Waals surface area contributed by atoms with Crippen LogP contribution in [-0.2, 0) is 6.54 Å². The summed E-state index contributed by atoms with van der Waals surface area (Å²) in [6.45, 7) is 4.79. The predicted octanol–water partition coefficient (Wildman–Crippen LogP) is 2.15. The van der Waals surface area contributed by atoms with Gasteiger partial charge in [-0.25, -0.2) is 0 Å². The molecule has 0 atom stereocenters. The van der Waals surface area contributed by atoms with E-state index >= 15 is 0 Å². The molecular weight excluding hydrogens is 198 g/mol. The van der Waals surface area contributed by atoms with Gasteiger partial charge in [0.15, 0.2) is 0 Å². The second-order valence-corrected chi connectivity index (χ2v) is 3.78. The lowest BCUT2D eigenvalue weighted by molar-refractivity contribution is 0.726. The molecule has 0 aliphatic carbocycles. The van der Waals surface area contributed by atoms with Crippen molar-refractivity contribution < 1.29 is 0 Å². The molecule has 86 valence electrons. The maximum absolute atomic E-state index is 8.52. The molecule has 1 rings (SSSR count). The molecule has 1 aromatic rings. The maximum atomic E-state index is 8.52. The van der Waals surface area contributed by atoms with Crippen LogP contribution in [0.5, 0.6) is 0 Å². The first kappa shape index (κ1) is 12.5. The van der Waals surface area contributed by atoms with Gasteiger partial charge >= 0.3 is 0 Å². The van der Waals surface area contributed by atoms with E-state index in [4.69, 9.17) is 5.26 Å². The molecular formula is C13H19N3. The minimum absolute atomic E-state index is 0.565. The SMILES string of the molecule is CCNCc1ccc(N(C)CCC#N)cc1. The molecule has 0 heterocycles. The third-order valence-electron chi connectivity index (χ3n) is 2.52. The predicted molar refractivity (Wildman–Crippen MR) is 67.3 cm³/mol. The van der Waals surface area contributed by atoms with E-state index < -0.39 is 0 Å². The highest BCUT2D eigenvalue weighted by Crippen LogP contribution is 2.13. The zero-order valence-corrected chi connectivity index (χ0v) is 10.0. The van der Waals surface area contributed by atoms with E-state index in [9.17, 15) is 0 Å². The molecule has 0 bridgehead atoms. The zero-order valence-electron chi connectivity index (χ0n) is 10.0. The summed E-state index contributed by atoms with van der Waals surface area (Å²) in [6, 6.07) is 10.6. The van der Waals surface area contributed by atoms with E-state index in [2.05, 4.69) is 47.5 Å². The Bertz CT molecular complexity index is 337. The van der Waals surface area contributed by atoms with Crippen molar-refractivity contribution in [1.29, 1.82) is 5.26 Å². The molecule has 0 unspecified atom stereocenters. The van der Waals surface area contributed by atoms with E-state index in [1.54, 1.807) is 0 Å². The minimum atomic E-state index is 0.565. The molecule has 1 aromatic carbocycles. The fraction of sp³-hybridized carbons (Fsp3) is 0.462. The summed E-state index contributed by atoms with van der Waals surface area (Å²) >= 11 is 0. The second-order valence-electron chi connectivity index (χ2n) is 3.78. The molecule has 0 saturated carbocycles. The fourth-order valence-electron chi connectivity index (χ4n) is 1.48. The highest BCUT2D eigenvalue weighted by molar-refractivity contribution is 5.46. The smallest absolute Gasteiger partial charge is 0.0640 e. The lowest BCUT2D eigenvalue weighted by Crippen LogP contribution is -2.18. The molecule has 0 fully saturated rings. The summed E-state index contributed by atoms with van der Waals surface area (Å²) in [6.07, 6.45) is 0.565. The Balaban J connectivity index is 2.53. The van der Waals surface area contributed by atoms with Gasteiger partial charge < -0.3 is 10.2 Å². The van der Waals surface area contributed by atoms with Crippen molar-refractivity contribution in [3.8, 4) is 6.07 Å². The largest absolute Gasteiger partial charge is 0.374 e. The Hall–Kier alpha value is -1.53. The first-order valence-electron chi connectivity index (χ1n) is 5.65. The van der Waals surface area contributed by atoms with Crippen LogP contribution >= 0.6 is 0 Å². The van der Waals surface area contributed by atoms with E-state index in [-0.39, 0.29) is 0 Å². The third-order valence-corrected chi connectivity index (χ3v) is 2.52. The fourth-order valence-corrected chi connectivity index (χ4v) is 1.48. The van der Waals surface area contributed by atoms with Gasteiger partial charge in [0.05, 0.1) is 12.5 Å². The van der Waals surface area contributed by atoms with Crippen molar-refractivity contribution in [2.24, 2.45) is 0 Å². The van der Waals surface area contributed by atoms with Crippen molar-refractivity contribution in [1.82, 2.24) is 5.32 Å². The Labute approximate surface area is 97.7 Å². The highest BCUT2D eigenvalue weighted by atomic mass is 15.1. The summed E-state index contributed by atoms with van der Waals surface area (Å²) in [5.74, 6) is 0. The molecule has 3 nitrogen and oxygen atoms in total. The normalized spacial score (nSPS) is 9.81. The monoisotopic (exact) mass is 217 g/mol. The van der Waals surface area contributed by atoms with E-state index in [0.29, 0.717) is 6.42 Å². The van der Waals surface area contributed by atoms with Gasteiger partial charge in [-0.3, -0.25) is 0 Å². The Morgan fingerprint density at radius 2 is 2.00 bits per heavy atom. The van der Waals surface area contributed by atoms with Crippen LogP contribution in [0, 0.1) is 11.3 Å². The van der Waals surface area contributed by atoms with Crippen molar-refractivity contribution in [3.05, 3.63) is 29.8 Å². The summed E-state index contributed by atoms with van der Waals surface area (Å²) in [4.78, 5) is 2.10. The van der Waals surface area contributed by atoms with Crippen molar-refractivity contribution in [3.63, 3.8) is 0 Å². The molecule has 0 radical (unpaired) electrons. The van der Waals surface area contributed by atoms with E-state index in [1.165, 1.54) is 5.56 Å². The van der Waals surface area contributed by atoms with Crippen LogP contribution in [0.15, 0.2) is 24.3 Å². The number of rotatable bonds is 6. The summed E-state index contributed by atoms with van der Waals surface area (Å²) in [5.41, 5.74) is 2.45. The zero-order chi connectivity index (χ0) is 11.8. The minimum Gasteiger partial charge on any atom is -0.374 e. The quantitative estimate of drug-likeness (QED) is 0.793. The first-order valence-corrected chi connectivity index (χ1v) is 5.65. The van der Waals surface area contributed by atoms with Gasteiger partial charge in [-0.05, 0) is 24.2 Å². The van der Waals surface area contributed by atoms with Crippen LogP contribution in [0.3, 0.4) is 0 Å². The summed E-state index contributed by atoms with van der Waals surface area (Å²) < 4.78 is 0. The number of nitriles is 1. The molecule has 0 amide bonds. The van der Waals surface area contributed by atoms with Gasteiger partial charge in [0, 0.05) is 25.8 Å². The molecule has 0 aliphatic heterocycles. The van der Waals surface area contributed by atoms with Gasteiger partial charge in [0.1, 0.15) is 0 Å². The molecule has 0 saturated heterocycles. The Morgan fingerprint density at radius 1 is 1.31 bits per heavy atom. The highest BCUT2D eigenvalue weighted by Gasteiger charge is 1.99. The lowest BCUT2D eigenvalue weighted by Gasteiger charge is -2.17. The second kappa shape index (κ2) is 6.86. The van der Waals surface area contributed by atoms with Crippen LogP contribution in [0.25, 0.3) is 0 Å². The average molecular weight is 217 g/mol. The van der Waals surface area contributed by atoms with Crippen LogP contribution in [-0.4, -0.2) is 20.1 Å². The standard InChI is InChI=1S/C13H19N3/c1-3-15-11-12-5-7-13(8-6-12)16(2)10-4-9-14/h5-8,15H,3-4,10-11H2,1-2H3. The number of anilines is 1. The molecule has 1 N–H and O–H groups in total. The van der Waals surface area contributed by atoms with Crippen molar-refractivity contribution >= 4 is 5.69 Å². The number of nitrogens with zero attached hydrogens (tertiary/aromatic N) is 2. The van der Waals surface area contributed by atoms with Crippen LogP contribution in [0.2, 0.25) is 0 Å². The van der Waals surface area contributed by atoms with Crippen LogP contribution < -0.4 is 10.2 Å². The van der Waals surface area contributed by atoms with Gasteiger partial charge in [-0.1, -0.05) is 19.1 Å². The van der Waals surface area contributed by atoms with Crippen LogP contribution in [0.1, 0.15) is 18.9 Å². The molecule has 0 aromatic heterocycles. The van der Waals surface area contributed by atoms with E-state index in [0.717, 1.165) is 25.3 Å². The number of hydrogen-bond acceptors (Lipinski definition) is 3. The molecule has 16 heavy (non-hydrogen) atoms. The van der Waals surface area contributed by atoms with Gasteiger partial charge in [-0.15, -0.1) is 0 Å². The van der Waals surface area contributed by atoms with Gasteiger partial charge in [0.25, 0.3) is 0 Å². The number of hydrogen-bond donors (Lipinski definition) is 1. The first-order chi connectivity index (χ1) is 7.77. The van der Waals surface area contributed by atoms with E-state index in [1.807, 2.05) is 7.05 Å². The third kappa shape index (κ3) is 3.92. The lowest BCUT2D eigenvalue weighted by atomic mass is 10.2. The summed E-state index contributed by atoms with van der Waals surface area (Å²) in [5, 5.41) is 11.8. The van der Waals surface area contributed by atoms with Crippen molar-refractivity contribution in [2.45, 2.75) is 19.9 Å². The Kier molecular flexibility index (Phi) is 5.38. The topological polar surface area (TPSA) is 39.1 Å². The maximum Gasteiger partial charge on any atom is 0.0640 e. The summed E-state index contributed by atoms with van der Waals surface area (Å²) in [7, 11) is 2.01.